The average molecular weight is 277 g/mol. The Kier molecular flexibility index (Phi) is 4.97. The van der Waals surface area contributed by atoms with Crippen LogP contribution in [0.15, 0.2) is 0 Å². The fourth-order valence-electron chi connectivity index (χ4n) is 2.35. The van der Waals surface area contributed by atoms with Gasteiger partial charge < -0.3 is 10.1 Å². The van der Waals surface area contributed by atoms with Gasteiger partial charge in [0.2, 0.25) is 10.0 Å². The van der Waals surface area contributed by atoms with Crippen LogP contribution in [0.25, 0.3) is 0 Å². The van der Waals surface area contributed by atoms with Crippen molar-refractivity contribution >= 4 is 10.0 Å². The molecule has 2 aliphatic rings. The van der Waals surface area contributed by atoms with Crippen LogP contribution in [0.1, 0.15) is 6.92 Å². The Hall–Kier alpha value is -0.210. The quantitative estimate of drug-likeness (QED) is 0.710. The molecule has 1 N–H and O–H groups in total. The van der Waals surface area contributed by atoms with Crippen molar-refractivity contribution in [3.63, 3.8) is 0 Å². The molecule has 6 nitrogen and oxygen atoms in total. The summed E-state index contributed by atoms with van der Waals surface area (Å²) in [7, 11) is -3.12. The highest BCUT2D eigenvalue weighted by Crippen LogP contribution is 2.10. The molecule has 0 spiro atoms. The zero-order valence-corrected chi connectivity index (χ0v) is 11.8. The van der Waals surface area contributed by atoms with Crippen LogP contribution in [-0.4, -0.2) is 81.9 Å². The van der Waals surface area contributed by atoms with Gasteiger partial charge in [0.15, 0.2) is 0 Å². The first-order chi connectivity index (χ1) is 8.58. The highest BCUT2D eigenvalue weighted by molar-refractivity contribution is 7.89. The van der Waals surface area contributed by atoms with E-state index < -0.39 is 10.0 Å². The Morgan fingerprint density at radius 2 is 2.00 bits per heavy atom. The summed E-state index contributed by atoms with van der Waals surface area (Å²) < 4.78 is 31.3. The second-order valence-corrected chi connectivity index (χ2v) is 7.04. The minimum Gasteiger partial charge on any atom is -0.376 e. The van der Waals surface area contributed by atoms with Gasteiger partial charge in [-0.3, -0.25) is 4.90 Å². The van der Waals surface area contributed by atoms with E-state index in [2.05, 4.69) is 10.2 Å². The Morgan fingerprint density at radius 3 is 2.67 bits per heavy atom. The van der Waals surface area contributed by atoms with Gasteiger partial charge in [0.05, 0.1) is 18.5 Å². The van der Waals surface area contributed by atoms with Crippen LogP contribution in [0.3, 0.4) is 0 Å². The molecule has 18 heavy (non-hydrogen) atoms. The Balaban J connectivity index is 1.82. The number of ether oxygens (including phenoxy) is 1. The van der Waals surface area contributed by atoms with E-state index in [1.807, 2.05) is 6.92 Å². The normalized spacial score (nSPS) is 28.4. The SMILES string of the molecule is CC1CN(S(=O)(=O)CCN2CCNCC2)CCO1. The van der Waals surface area contributed by atoms with Crippen LogP contribution in [-0.2, 0) is 14.8 Å². The molecular weight excluding hydrogens is 254 g/mol. The van der Waals surface area contributed by atoms with E-state index in [-0.39, 0.29) is 11.9 Å². The topological polar surface area (TPSA) is 61.9 Å². The van der Waals surface area contributed by atoms with Gasteiger partial charge in [-0.25, -0.2) is 8.42 Å². The lowest BCUT2D eigenvalue weighted by Crippen LogP contribution is -2.49. The zero-order valence-electron chi connectivity index (χ0n) is 11.0. The third kappa shape index (κ3) is 3.89. The number of piperazine rings is 1. The van der Waals surface area contributed by atoms with Crippen molar-refractivity contribution in [2.24, 2.45) is 0 Å². The van der Waals surface area contributed by atoms with E-state index in [1.54, 1.807) is 4.31 Å². The first-order valence-corrected chi connectivity index (χ1v) is 8.21. The molecule has 2 aliphatic heterocycles. The first kappa shape index (κ1) is 14.2. The third-order valence-electron chi connectivity index (χ3n) is 3.47. The molecule has 0 radical (unpaired) electrons. The number of sulfonamides is 1. The maximum atomic E-state index is 12.2. The Bertz CT molecular complexity index is 355. The van der Waals surface area contributed by atoms with Crippen LogP contribution in [0.2, 0.25) is 0 Å². The second-order valence-electron chi connectivity index (χ2n) is 4.95. The fraction of sp³-hybridized carbons (Fsp3) is 1.00. The van der Waals surface area contributed by atoms with Crippen LogP contribution in [0.4, 0.5) is 0 Å². The van der Waals surface area contributed by atoms with E-state index in [4.69, 9.17) is 4.74 Å². The van der Waals surface area contributed by atoms with Crippen molar-refractivity contribution in [3.8, 4) is 0 Å². The van der Waals surface area contributed by atoms with Crippen molar-refractivity contribution in [3.05, 3.63) is 0 Å². The molecule has 0 aromatic rings. The molecule has 2 heterocycles. The molecular formula is C11H23N3O3S. The number of hydrogen-bond donors (Lipinski definition) is 1. The van der Waals surface area contributed by atoms with Crippen molar-refractivity contribution in [2.45, 2.75) is 13.0 Å². The zero-order chi connectivity index (χ0) is 13.0. The molecule has 0 amide bonds. The first-order valence-electron chi connectivity index (χ1n) is 6.60. The number of hydrogen-bond acceptors (Lipinski definition) is 5. The van der Waals surface area contributed by atoms with Gasteiger partial charge >= 0.3 is 0 Å². The maximum absolute atomic E-state index is 12.2. The predicted molar refractivity (Wildman–Crippen MR) is 70.1 cm³/mol. The Labute approximate surface area is 109 Å². The molecule has 7 heteroatoms. The number of nitrogens with one attached hydrogen (secondary N) is 1. The summed E-state index contributed by atoms with van der Waals surface area (Å²) in [6.45, 7) is 7.83. The summed E-state index contributed by atoms with van der Waals surface area (Å²) in [6.07, 6.45) is 0.00714. The van der Waals surface area contributed by atoms with E-state index in [0.717, 1.165) is 26.2 Å². The highest BCUT2D eigenvalue weighted by Gasteiger charge is 2.27. The molecule has 2 rings (SSSR count). The van der Waals surface area contributed by atoms with Crippen molar-refractivity contribution in [2.75, 3.05) is 58.2 Å². The van der Waals surface area contributed by atoms with Crippen molar-refractivity contribution in [1.29, 1.82) is 0 Å². The standard InChI is InChI=1S/C11H23N3O3S/c1-11-10-14(6-8-17-11)18(15,16)9-7-13-4-2-12-3-5-13/h11-12H,2-10H2,1H3. The molecule has 0 saturated carbocycles. The average Bonchev–Trinajstić information content (AvgIpc) is 2.38. The summed E-state index contributed by atoms with van der Waals surface area (Å²) in [5.41, 5.74) is 0. The van der Waals surface area contributed by atoms with Gasteiger partial charge in [0, 0.05) is 45.8 Å². The maximum Gasteiger partial charge on any atom is 0.215 e. The number of nitrogens with zero attached hydrogens (tertiary/aromatic N) is 2. The number of morpholine rings is 1. The van der Waals surface area contributed by atoms with Crippen molar-refractivity contribution in [1.82, 2.24) is 14.5 Å². The van der Waals surface area contributed by atoms with Crippen LogP contribution in [0, 0.1) is 0 Å². The monoisotopic (exact) mass is 277 g/mol. The van der Waals surface area contributed by atoms with Gasteiger partial charge in [-0.1, -0.05) is 0 Å². The minimum atomic E-state index is -3.12. The van der Waals surface area contributed by atoms with Crippen molar-refractivity contribution < 1.29 is 13.2 Å². The molecule has 0 bridgehead atoms. The molecule has 1 unspecified atom stereocenters. The lowest BCUT2D eigenvalue weighted by molar-refractivity contribution is 0.0101. The van der Waals surface area contributed by atoms with Gasteiger partial charge in [-0.05, 0) is 6.92 Å². The summed E-state index contributed by atoms with van der Waals surface area (Å²) in [4.78, 5) is 2.21. The summed E-state index contributed by atoms with van der Waals surface area (Å²) in [5.74, 6) is 0.222. The van der Waals surface area contributed by atoms with Gasteiger partial charge in [0.25, 0.3) is 0 Å². The van der Waals surface area contributed by atoms with E-state index in [9.17, 15) is 8.42 Å². The lowest BCUT2D eigenvalue weighted by atomic mass is 10.3. The third-order valence-corrected chi connectivity index (χ3v) is 5.29. The van der Waals surface area contributed by atoms with E-state index >= 15 is 0 Å². The van der Waals surface area contributed by atoms with Crippen LogP contribution < -0.4 is 5.32 Å². The number of rotatable bonds is 4. The molecule has 2 fully saturated rings. The molecule has 0 aromatic heterocycles. The summed E-state index contributed by atoms with van der Waals surface area (Å²) >= 11 is 0. The summed E-state index contributed by atoms with van der Waals surface area (Å²) in [6, 6.07) is 0. The molecule has 0 aromatic carbocycles. The fourth-order valence-corrected chi connectivity index (χ4v) is 3.88. The van der Waals surface area contributed by atoms with Crippen LogP contribution >= 0.6 is 0 Å². The summed E-state index contributed by atoms with van der Waals surface area (Å²) in [5, 5.41) is 3.26. The van der Waals surface area contributed by atoms with E-state index in [1.165, 1.54) is 0 Å². The predicted octanol–water partition coefficient (Wildman–Crippen LogP) is -1.06. The minimum absolute atomic E-state index is 0.00714. The smallest absolute Gasteiger partial charge is 0.215 e. The molecule has 1 atom stereocenters. The van der Waals surface area contributed by atoms with Gasteiger partial charge in [-0.15, -0.1) is 0 Å². The van der Waals surface area contributed by atoms with E-state index in [0.29, 0.717) is 26.2 Å². The molecule has 0 aliphatic carbocycles. The molecule has 106 valence electrons. The lowest BCUT2D eigenvalue weighted by Gasteiger charge is -2.32. The molecule has 2 saturated heterocycles. The second kappa shape index (κ2) is 6.29. The highest BCUT2D eigenvalue weighted by atomic mass is 32.2. The van der Waals surface area contributed by atoms with Gasteiger partial charge in [-0.2, -0.15) is 4.31 Å². The van der Waals surface area contributed by atoms with Crippen LogP contribution in [0.5, 0.6) is 0 Å². The van der Waals surface area contributed by atoms with Gasteiger partial charge in [0.1, 0.15) is 0 Å². The largest absolute Gasteiger partial charge is 0.376 e. The Morgan fingerprint density at radius 1 is 1.28 bits per heavy atom.